The first-order valence-corrected chi connectivity index (χ1v) is 7.24. The van der Waals surface area contributed by atoms with Gasteiger partial charge in [0.15, 0.2) is 0 Å². The molecule has 2 heteroatoms. The van der Waals surface area contributed by atoms with Crippen LogP contribution in [-0.2, 0) is 6.54 Å². The first kappa shape index (κ1) is 12.4. The Hall–Kier alpha value is -1.59. The van der Waals surface area contributed by atoms with Crippen molar-refractivity contribution in [1.82, 2.24) is 4.90 Å². The third-order valence-corrected chi connectivity index (χ3v) is 4.49. The number of rotatable bonds is 2. The molecule has 0 spiro atoms. The second kappa shape index (κ2) is 5.59. The zero-order valence-electron chi connectivity index (χ0n) is 11.3. The Bertz CT molecular complexity index is 482. The van der Waals surface area contributed by atoms with E-state index in [-0.39, 0.29) is 0 Å². The number of fused-ring (bicyclic) bond motifs is 2. The lowest BCUT2D eigenvalue weighted by Gasteiger charge is -2.47. The second-order valence-electron chi connectivity index (χ2n) is 5.74. The Morgan fingerprint density at radius 2 is 1.84 bits per heavy atom. The van der Waals surface area contributed by atoms with E-state index in [1.165, 1.54) is 30.4 Å². The molecule has 2 unspecified atom stereocenters. The molecule has 2 fully saturated rings. The monoisotopic (exact) mass is 252 g/mol. The van der Waals surface area contributed by atoms with Gasteiger partial charge < -0.3 is 0 Å². The Morgan fingerprint density at radius 3 is 2.47 bits per heavy atom. The lowest BCUT2D eigenvalue weighted by Crippen LogP contribution is -2.49. The molecule has 0 amide bonds. The number of hydrogen-bond acceptors (Lipinski definition) is 2. The quantitative estimate of drug-likeness (QED) is 0.751. The van der Waals surface area contributed by atoms with Gasteiger partial charge in [0.25, 0.3) is 0 Å². The molecule has 2 atom stereocenters. The van der Waals surface area contributed by atoms with Crippen LogP contribution in [0.5, 0.6) is 0 Å². The lowest BCUT2D eigenvalue weighted by atomic mass is 9.81. The summed E-state index contributed by atoms with van der Waals surface area (Å²) in [6.45, 7) is 1.07. The maximum Gasteiger partial charge on any atom is 0.0911 e. The first-order valence-electron chi connectivity index (χ1n) is 7.24. The van der Waals surface area contributed by atoms with Crippen LogP contribution in [0.1, 0.15) is 37.7 Å². The van der Waals surface area contributed by atoms with E-state index in [0.717, 1.165) is 19.4 Å². The Labute approximate surface area is 115 Å². The van der Waals surface area contributed by atoms with Crippen LogP contribution >= 0.6 is 0 Å². The number of allylic oxidation sites excluding steroid dienone is 1. The van der Waals surface area contributed by atoms with Gasteiger partial charge in [-0.2, -0.15) is 5.26 Å². The van der Waals surface area contributed by atoms with E-state index in [1.807, 2.05) is 0 Å². The molecule has 0 N–H and O–H groups in total. The molecule has 2 aliphatic heterocycles. The summed E-state index contributed by atoms with van der Waals surface area (Å²) in [5, 5.41) is 8.84. The van der Waals surface area contributed by atoms with Gasteiger partial charge >= 0.3 is 0 Å². The van der Waals surface area contributed by atoms with Crippen LogP contribution in [0.15, 0.2) is 42.0 Å². The molecule has 0 radical (unpaired) electrons. The van der Waals surface area contributed by atoms with Crippen LogP contribution in [0.3, 0.4) is 0 Å². The largest absolute Gasteiger partial charge is 0.293 e. The SMILES string of the molecule is N#CC=C1CC2CCCC(C1)N2Cc1ccccc1. The van der Waals surface area contributed by atoms with Crippen molar-refractivity contribution < 1.29 is 0 Å². The van der Waals surface area contributed by atoms with Crippen LogP contribution in [-0.4, -0.2) is 17.0 Å². The Balaban J connectivity index is 1.76. The van der Waals surface area contributed by atoms with E-state index in [4.69, 9.17) is 5.26 Å². The minimum atomic E-state index is 0.646. The van der Waals surface area contributed by atoms with Gasteiger partial charge in [-0.25, -0.2) is 0 Å². The van der Waals surface area contributed by atoms with Crippen molar-refractivity contribution in [2.24, 2.45) is 0 Å². The average molecular weight is 252 g/mol. The van der Waals surface area contributed by atoms with Gasteiger partial charge in [0, 0.05) is 24.7 Å². The van der Waals surface area contributed by atoms with E-state index in [9.17, 15) is 0 Å². The highest BCUT2D eigenvalue weighted by Crippen LogP contribution is 2.37. The lowest BCUT2D eigenvalue weighted by molar-refractivity contribution is 0.0537. The molecule has 0 aliphatic carbocycles. The third kappa shape index (κ3) is 2.72. The maximum absolute atomic E-state index is 8.84. The number of piperidine rings is 2. The van der Waals surface area contributed by atoms with E-state index in [2.05, 4.69) is 41.3 Å². The van der Waals surface area contributed by atoms with Gasteiger partial charge in [-0.3, -0.25) is 4.90 Å². The summed E-state index contributed by atoms with van der Waals surface area (Å²) >= 11 is 0. The summed E-state index contributed by atoms with van der Waals surface area (Å²) in [6.07, 6.45) is 7.89. The van der Waals surface area contributed by atoms with Crippen molar-refractivity contribution >= 4 is 0 Å². The minimum Gasteiger partial charge on any atom is -0.293 e. The summed E-state index contributed by atoms with van der Waals surface area (Å²) < 4.78 is 0. The van der Waals surface area contributed by atoms with E-state index in [0.29, 0.717) is 12.1 Å². The molecule has 2 heterocycles. The standard InChI is InChI=1S/C17H20N2/c18-10-9-15-11-16-7-4-8-17(12-15)19(16)13-14-5-2-1-3-6-14/h1-3,5-6,9,16-17H,4,7-8,11-13H2. The van der Waals surface area contributed by atoms with Gasteiger partial charge in [-0.1, -0.05) is 42.3 Å². The molecule has 3 rings (SSSR count). The highest BCUT2D eigenvalue weighted by atomic mass is 15.2. The highest BCUT2D eigenvalue weighted by molar-refractivity contribution is 5.21. The number of nitrogens with zero attached hydrogens (tertiary/aromatic N) is 2. The van der Waals surface area contributed by atoms with Crippen LogP contribution in [0.4, 0.5) is 0 Å². The Kier molecular flexibility index (Phi) is 3.66. The molecule has 2 nitrogen and oxygen atoms in total. The van der Waals surface area contributed by atoms with Crippen molar-refractivity contribution in [3.05, 3.63) is 47.5 Å². The number of nitriles is 1. The van der Waals surface area contributed by atoms with Crippen LogP contribution in [0, 0.1) is 11.3 Å². The molecule has 2 bridgehead atoms. The smallest absolute Gasteiger partial charge is 0.0911 e. The molecule has 0 saturated carbocycles. The predicted octanol–water partition coefficient (Wildman–Crippen LogP) is 3.65. The van der Waals surface area contributed by atoms with Gasteiger partial charge in [-0.15, -0.1) is 0 Å². The van der Waals surface area contributed by atoms with Crippen LogP contribution in [0.25, 0.3) is 0 Å². The molecule has 2 aliphatic rings. The van der Waals surface area contributed by atoms with E-state index < -0.39 is 0 Å². The van der Waals surface area contributed by atoms with Gasteiger partial charge in [-0.05, 0) is 31.2 Å². The normalized spacial score (nSPS) is 26.8. The average Bonchev–Trinajstić information content (AvgIpc) is 2.41. The topological polar surface area (TPSA) is 27.0 Å². The van der Waals surface area contributed by atoms with E-state index >= 15 is 0 Å². The highest BCUT2D eigenvalue weighted by Gasteiger charge is 2.35. The molecular formula is C17H20N2. The fraction of sp³-hybridized carbons (Fsp3) is 0.471. The molecule has 98 valence electrons. The van der Waals surface area contributed by atoms with Crippen LogP contribution < -0.4 is 0 Å². The third-order valence-electron chi connectivity index (χ3n) is 4.49. The van der Waals surface area contributed by atoms with Crippen molar-refractivity contribution in [1.29, 1.82) is 5.26 Å². The number of benzene rings is 1. The van der Waals surface area contributed by atoms with Gasteiger partial charge in [0.2, 0.25) is 0 Å². The number of hydrogen-bond donors (Lipinski definition) is 0. The molecule has 2 saturated heterocycles. The maximum atomic E-state index is 8.84. The van der Waals surface area contributed by atoms with Gasteiger partial charge in [0.1, 0.15) is 0 Å². The predicted molar refractivity (Wildman–Crippen MR) is 76.3 cm³/mol. The zero-order valence-corrected chi connectivity index (χ0v) is 11.3. The molecule has 0 aromatic heterocycles. The summed E-state index contributed by atoms with van der Waals surface area (Å²) in [4.78, 5) is 2.67. The van der Waals surface area contributed by atoms with Crippen molar-refractivity contribution in [3.8, 4) is 6.07 Å². The fourth-order valence-electron chi connectivity index (χ4n) is 3.61. The van der Waals surface area contributed by atoms with E-state index in [1.54, 1.807) is 6.08 Å². The molecule has 19 heavy (non-hydrogen) atoms. The summed E-state index contributed by atoms with van der Waals surface area (Å²) in [5.74, 6) is 0. The van der Waals surface area contributed by atoms with Crippen molar-refractivity contribution in [2.45, 2.75) is 50.7 Å². The zero-order chi connectivity index (χ0) is 13.1. The molecule has 1 aromatic carbocycles. The van der Waals surface area contributed by atoms with Crippen molar-refractivity contribution in [2.75, 3.05) is 0 Å². The van der Waals surface area contributed by atoms with Crippen molar-refractivity contribution in [3.63, 3.8) is 0 Å². The Morgan fingerprint density at radius 1 is 1.16 bits per heavy atom. The molecular weight excluding hydrogens is 232 g/mol. The first-order chi connectivity index (χ1) is 9.36. The molecule has 1 aromatic rings. The minimum absolute atomic E-state index is 0.646. The fourth-order valence-corrected chi connectivity index (χ4v) is 3.61. The summed E-state index contributed by atoms with van der Waals surface area (Å²) in [6, 6.07) is 14.3. The van der Waals surface area contributed by atoms with Gasteiger partial charge in [0.05, 0.1) is 6.07 Å². The summed E-state index contributed by atoms with van der Waals surface area (Å²) in [7, 11) is 0. The summed E-state index contributed by atoms with van der Waals surface area (Å²) in [5.41, 5.74) is 2.77. The second-order valence-corrected chi connectivity index (χ2v) is 5.74. The van der Waals surface area contributed by atoms with Crippen LogP contribution in [0.2, 0.25) is 0 Å².